The van der Waals surface area contributed by atoms with E-state index < -0.39 is 47.4 Å². The minimum absolute atomic E-state index is 0.0539. The number of halogens is 4. The summed E-state index contributed by atoms with van der Waals surface area (Å²) >= 11 is 6.16. The van der Waals surface area contributed by atoms with Crippen molar-refractivity contribution in [3.8, 4) is 0 Å². The Morgan fingerprint density at radius 3 is 2.45 bits per heavy atom. The lowest BCUT2D eigenvalue weighted by Gasteiger charge is -2.37. The van der Waals surface area contributed by atoms with Crippen LogP contribution in [-0.2, 0) is 17.4 Å². The summed E-state index contributed by atoms with van der Waals surface area (Å²) in [6.07, 6.45) is -5.15. The highest BCUT2D eigenvalue weighted by Gasteiger charge is 2.59. The highest BCUT2D eigenvalue weighted by molar-refractivity contribution is 6.31. The van der Waals surface area contributed by atoms with E-state index in [1.807, 2.05) is 0 Å². The Morgan fingerprint density at radius 2 is 1.88 bits per heavy atom. The Bertz CT molecular complexity index is 1300. The average Bonchev–Trinajstić information content (AvgIpc) is 3.03. The van der Waals surface area contributed by atoms with Crippen LogP contribution in [0, 0.1) is 0 Å². The molecule has 33 heavy (non-hydrogen) atoms. The topological polar surface area (TPSA) is 122 Å². The van der Waals surface area contributed by atoms with Crippen molar-refractivity contribution in [3.05, 3.63) is 68.7 Å². The number of benzene rings is 2. The number of aliphatic hydroxyl groups is 1. The van der Waals surface area contributed by atoms with E-state index in [9.17, 15) is 32.7 Å². The molecular weight excluding hydrogens is 469 g/mol. The fraction of sp³-hybridized carbons (Fsp3) is 0.286. The molecule has 0 aliphatic rings. The zero-order chi connectivity index (χ0) is 24.7. The maximum absolute atomic E-state index is 14.2. The van der Waals surface area contributed by atoms with E-state index in [1.165, 1.54) is 13.1 Å². The molecule has 1 heterocycles. The van der Waals surface area contributed by atoms with Gasteiger partial charge < -0.3 is 19.9 Å². The van der Waals surface area contributed by atoms with Gasteiger partial charge in [0, 0.05) is 23.6 Å². The lowest BCUT2D eigenvalue weighted by Crippen LogP contribution is -2.46. The summed E-state index contributed by atoms with van der Waals surface area (Å²) in [7, 11) is 1.32. The first-order chi connectivity index (χ1) is 15.3. The van der Waals surface area contributed by atoms with Gasteiger partial charge >= 0.3 is 17.9 Å². The number of nitrogens with zero attached hydrogens (tertiary/aromatic N) is 1. The number of nitrogens with one attached hydrogen (secondary N) is 1. The number of aromatic nitrogens is 1. The van der Waals surface area contributed by atoms with Gasteiger partial charge in [-0.1, -0.05) is 30.7 Å². The normalized spacial score (nSPS) is 14.6. The smallest absolute Gasteiger partial charge is 0.422 e. The van der Waals surface area contributed by atoms with E-state index in [4.69, 9.17) is 21.1 Å². The Balaban J connectivity index is 2.07. The van der Waals surface area contributed by atoms with Crippen LogP contribution < -0.4 is 11.1 Å². The van der Waals surface area contributed by atoms with Crippen molar-refractivity contribution < 1.29 is 37.4 Å². The molecule has 0 saturated heterocycles. The van der Waals surface area contributed by atoms with Crippen LogP contribution in [0.25, 0.3) is 11.1 Å². The van der Waals surface area contributed by atoms with Crippen LogP contribution in [0.5, 0.6) is 0 Å². The Morgan fingerprint density at radius 1 is 1.21 bits per heavy atom. The summed E-state index contributed by atoms with van der Waals surface area (Å²) in [5, 5.41) is 21.5. The largest absolute Gasteiger partial charge is 0.480 e. The summed E-state index contributed by atoms with van der Waals surface area (Å²) in [5.41, 5.74) is -4.01. The molecule has 0 saturated carbocycles. The molecule has 3 rings (SSSR count). The van der Waals surface area contributed by atoms with Gasteiger partial charge in [0.2, 0.25) is 0 Å². The van der Waals surface area contributed by atoms with Crippen LogP contribution in [0.3, 0.4) is 0 Å². The second kappa shape index (κ2) is 8.56. The van der Waals surface area contributed by atoms with Crippen molar-refractivity contribution in [1.29, 1.82) is 0 Å². The third kappa shape index (κ3) is 4.33. The van der Waals surface area contributed by atoms with Gasteiger partial charge in [0.1, 0.15) is 6.54 Å². The van der Waals surface area contributed by atoms with Gasteiger partial charge in [-0.3, -0.25) is 14.2 Å². The van der Waals surface area contributed by atoms with Gasteiger partial charge in [0.05, 0.1) is 5.52 Å². The molecule has 1 amide bonds. The van der Waals surface area contributed by atoms with Crippen LogP contribution >= 0.6 is 11.6 Å². The Labute approximate surface area is 189 Å². The standard InChI is InChI=1S/C21H18ClF3N2O6/c1-10(13-5-3-11(7-14(13)22)18(30)26-9-17(28)29)20(32,21(23,24)25)12-4-6-16-15(8-12)27(2)19(31)33-16/h3-8,10,32H,9H2,1-2H3,(H,26,30)(H,28,29)/t10-,20-/m1/s1. The maximum Gasteiger partial charge on any atom is 0.422 e. The van der Waals surface area contributed by atoms with Crippen molar-refractivity contribution in [1.82, 2.24) is 9.88 Å². The minimum Gasteiger partial charge on any atom is -0.480 e. The summed E-state index contributed by atoms with van der Waals surface area (Å²) in [6, 6.07) is 6.61. The lowest BCUT2D eigenvalue weighted by atomic mass is 9.77. The molecule has 0 aliphatic heterocycles. The summed E-state index contributed by atoms with van der Waals surface area (Å²) < 4.78 is 48.7. The first kappa shape index (κ1) is 24.3. The first-order valence-corrected chi connectivity index (χ1v) is 9.83. The number of carbonyl (C=O) groups is 2. The molecule has 1 aromatic heterocycles. The second-order valence-corrected chi connectivity index (χ2v) is 7.82. The van der Waals surface area contributed by atoms with E-state index in [-0.39, 0.29) is 27.2 Å². The van der Waals surface area contributed by atoms with Crippen molar-refractivity contribution >= 4 is 34.6 Å². The molecular formula is C21H18ClF3N2O6. The number of aryl methyl sites for hydroxylation is 1. The molecule has 2 aromatic carbocycles. The summed E-state index contributed by atoms with van der Waals surface area (Å²) in [6.45, 7) is 0.471. The fourth-order valence-corrected chi connectivity index (χ4v) is 3.87. The Hall–Kier alpha value is -3.31. The van der Waals surface area contributed by atoms with Crippen LogP contribution in [0.15, 0.2) is 45.6 Å². The monoisotopic (exact) mass is 486 g/mol. The van der Waals surface area contributed by atoms with E-state index in [0.717, 1.165) is 41.8 Å². The first-order valence-electron chi connectivity index (χ1n) is 9.46. The molecule has 0 spiro atoms. The number of rotatable bonds is 6. The van der Waals surface area contributed by atoms with Crippen molar-refractivity contribution in [3.63, 3.8) is 0 Å². The second-order valence-electron chi connectivity index (χ2n) is 7.41. The minimum atomic E-state index is -5.15. The third-order valence-electron chi connectivity index (χ3n) is 5.42. The number of carbonyl (C=O) groups excluding carboxylic acids is 1. The fourth-order valence-electron chi connectivity index (χ4n) is 3.53. The van der Waals surface area contributed by atoms with Crippen molar-refractivity contribution in [2.75, 3.05) is 6.54 Å². The van der Waals surface area contributed by atoms with Gasteiger partial charge in [-0.05, 0) is 35.4 Å². The number of alkyl halides is 3. The van der Waals surface area contributed by atoms with Gasteiger partial charge in [-0.15, -0.1) is 0 Å². The summed E-state index contributed by atoms with van der Waals surface area (Å²) in [4.78, 5) is 34.3. The average molecular weight is 487 g/mol. The zero-order valence-electron chi connectivity index (χ0n) is 17.2. The lowest BCUT2D eigenvalue weighted by molar-refractivity contribution is -0.274. The van der Waals surface area contributed by atoms with Gasteiger partial charge in [-0.2, -0.15) is 13.2 Å². The molecule has 0 unspecified atom stereocenters. The van der Waals surface area contributed by atoms with Crippen molar-refractivity contribution in [2.45, 2.75) is 24.6 Å². The molecule has 3 aromatic rings. The highest BCUT2D eigenvalue weighted by atomic mass is 35.5. The molecule has 8 nitrogen and oxygen atoms in total. The molecule has 176 valence electrons. The number of amides is 1. The molecule has 3 N–H and O–H groups in total. The molecule has 2 atom stereocenters. The van der Waals surface area contributed by atoms with Gasteiger partial charge in [-0.25, -0.2) is 4.79 Å². The molecule has 0 bridgehead atoms. The molecule has 0 radical (unpaired) electrons. The van der Waals surface area contributed by atoms with Crippen LogP contribution in [-0.4, -0.2) is 39.4 Å². The van der Waals surface area contributed by atoms with Crippen molar-refractivity contribution in [2.24, 2.45) is 7.05 Å². The Kier molecular flexibility index (Phi) is 6.31. The number of hydrogen-bond acceptors (Lipinski definition) is 5. The number of carboxylic acids is 1. The summed E-state index contributed by atoms with van der Waals surface area (Å²) in [5.74, 6) is -4.47. The van der Waals surface area contributed by atoms with Gasteiger partial charge in [0.25, 0.3) is 5.91 Å². The maximum atomic E-state index is 14.2. The van der Waals surface area contributed by atoms with E-state index >= 15 is 0 Å². The number of aliphatic carboxylic acids is 1. The zero-order valence-corrected chi connectivity index (χ0v) is 18.0. The number of oxazole rings is 1. The van der Waals surface area contributed by atoms with Crippen LogP contribution in [0.2, 0.25) is 5.02 Å². The number of hydrogen-bond donors (Lipinski definition) is 3. The molecule has 0 fully saturated rings. The predicted molar refractivity (Wildman–Crippen MR) is 111 cm³/mol. The van der Waals surface area contributed by atoms with E-state index in [0.29, 0.717) is 0 Å². The molecule has 0 aliphatic carbocycles. The van der Waals surface area contributed by atoms with Gasteiger partial charge in [0.15, 0.2) is 11.2 Å². The van der Waals surface area contributed by atoms with Crippen LogP contribution in [0.4, 0.5) is 13.2 Å². The van der Waals surface area contributed by atoms with Crippen LogP contribution in [0.1, 0.15) is 34.3 Å². The number of carboxylic acid groups (broad SMARTS) is 1. The predicted octanol–water partition coefficient (Wildman–Crippen LogP) is 3.15. The van der Waals surface area contributed by atoms with E-state index in [1.54, 1.807) is 0 Å². The molecule has 12 heteroatoms. The quantitative estimate of drug-likeness (QED) is 0.492. The number of fused-ring (bicyclic) bond motifs is 1. The van der Waals surface area contributed by atoms with E-state index in [2.05, 4.69) is 5.32 Å². The third-order valence-corrected chi connectivity index (χ3v) is 5.75. The SMILES string of the molecule is C[C@H](c1ccc(C(=O)NCC(=O)O)cc1Cl)[C@@](O)(c1ccc2oc(=O)n(C)c2c1)C(F)(F)F. The highest BCUT2D eigenvalue weighted by Crippen LogP contribution is 2.50.